The van der Waals surface area contributed by atoms with Gasteiger partial charge < -0.3 is 9.73 Å². The molecule has 0 aliphatic carbocycles. The largest absolute Gasteiger partial charge is 0.469 e. The van der Waals surface area contributed by atoms with Gasteiger partial charge in [0.1, 0.15) is 5.76 Å². The fraction of sp³-hybridized carbons (Fsp3) is 0.136. The van der Waals surface area contributed by atoms with Gasteiger partial charge in [-0.2, -0.15) is 0 Å². The number of benzene rings is 2. The molecule has 0 saturated heterocycles. The number of para-hydroxylation sites is 1. The van der Waals surface area contributed by atoms with Crippen molar-refractivity contribution in [2.75, 3.05) is 5.75 Å². The Morgan fingerprint density at radius 3 is 2.45 bits per heavy atom. The molecule has 0 atom stereocenters. The highest BCUT2D eigenvalue weighted by atomic mass is 32.2. The Morgan fingerprint density at radius 2 is 1.76 bits per heavy atom. The van der Waals surface area contributed by atoms with Crippen molar-refractivity contribution < 1.29 is 9.21 Å². The molecule has 6 nitrogen and oxygen atoms in total. The van der Waals surface area contributed by atoms with Gasteiger partial charge in [-0.25, -0.2) is 0 Å². The summed E-state index contributed by atoms with van der Waals surface area (Å²) >= 11 is 1.36. The molecule has 0 bridgehead atoms. The number of thioether (sulfide) groups is 1. The number of aromatic nitrogens is 3. The maximum atomic E-state index is 12.3. The van der Waals surface area contributed by atoms with Crippen LogP contribution in [0.4, 0.5) is 0 Å². The van der Waals surface area contributed by atoms with E-state index in [1.165, 1.54) is 11.8 Å². The van der Waals surface area contributed by atoms with E-state index < -0.39 is 0 Å². The number of carbonyl (C=O) groups is 1. The normalized spacial score (nSPS) is 10.8. The molecule has 0 aliphatic heterocycles. The predicted octanol–water partition coefficient (Wildman–Crippen LogP) is 4.24. The van der Waals surface area contributed by atoms with E-state index >= 15 is 0 Å². The molecule has 4 rings (SSSR count). The second kappa shape index (κ2) is 8.79. The lowest BCUT2D eigenvalue weighted by Crippen LogP contribution is -2.24. The van der Waals surface area contributed by atoms with Gasteiger partial charge in [0.05, 0.1) is 17.6 Å². The van der Waals surface area contributed by atoms with Gasteiger partial charge in [0.25, 0.3) is 0 Å². The van der Waals surface area contributed by atoms with E-state index in [0.717, 1.165) is 22.6 Å². The van der Waals surface area contributed by atoms with Crippen LogP contribution in [0.3, 0.4) is 0 Å². The summed E-state index contributed by atoms with van der Waals surface area (Å²) in [6.07, 6.45) is 1.64. The molecule has 0 radical (unpaired) electrons. The van der Waals surface area contributed by atoms with Crippen LogP contribution in [0.15, 0.2) is 82.6 Å². The van der Waals surface area contributed by atoms with Crippen molar-refractivity contribution in [3.8, 4) is 17.1 Å². The fourth-order valence-corrected chi connectivity index (χ4v) is 3.72. The summed E-state index contributed by atoms with van der Waals surface area (Å²) in [5, 5.41) is 12.3. The van der Waals surface area contributed by atoms with Crippen molar-refractivity contribution in [2.24, 2.45) is 0 Å². The molecule has 0 aliphatic rings. The Hall–Kier alpha value is -3.32. The molecule has 29 heavy (non-hydrogen) atoms. The van der Waals surface area contributed by atoms with Gasteiger partial charge in [-0.1, -0.05) is 60.3 Å². The molecular weight excluding hydrogens is 384 g/mol. The highest BCUT2D eigenvalue weighted by molar-refractivity contribution is 7.99. The summed E-state index contributed by atoms with van der Waals surface area (Å²) in [6, 6.07) is 21.6. The highest BCUT2D eigenvalue weighted by Gasteiger charge is 2.19. The molecule has 0 spiro atoms. The molecular formula is C22H20N4O2S. The molecule has 146 valence electrons. The number of nitrogens with zero attached hydrogens (tertiary/aromatic N) is 3. The molecule has 1 amide bonds. The Bertz CT molecular complexity index is 1090. The van der Waals surface area contributed by atoms with E-state index in [1.807, 2.05) is 78.2 Å². The van der Waals surface area contributed by atoms with Crippen LogP contribution in [-0.4, -0.2) is 26.4 Å². The van der Waals surface area contributed by atoms with Gasteiger partial charge in [-0.15, -0.1) is 10.2 Å². The summed E-state index contributed by atoms with van der Waals surface area (Å²) in [6.45, 7) is 2.40. The first-order valence-corrected chi connectivity index (χ1v) is 10.2. The zero-order chi connectivity index (χ0) is 20.1. The maximum Gasteiger partial charge on any atom is 0.230 e. The summed E-state index contributed by atoms with van der Waals surface area (Å²) in [7, 11) is 0. The van der Waals surface area contributed by atoms with Crippen molar-refractivity contribution in [3.05, 3.63) is 84.3 Å². The van der Waals surface area contributed by atoms with Gasteiger partial charge in [-0.3, -0.25) is 9.36 Å². The number of hydrogen-bond acceptors (Lipinski definition) is 5. The third-order valence-electron chi connectivity index (χ3n) is 4.41. The van der Waals surface area contributed by atoms with E-state index in [2.05, 4.69) is 15.5 Å². The smallest absolute Gasteiger partial charge is 0.230 e. The summed E-state index contributed by atoms with van der Waals surface area (Å²) in [5.74, 6) is 1.66. The number of hydrogen-bond donors (Lipinski definition) is 1. The quantitative estimate of drug-likeness (QED) is 0.466. The number of furan rings is 1. The van der Waals surface area contributed by atoms with E-state index in [-0.39, 0.29) is 11.7 Å². The van der Waals surface area contributed by atoms with Crippen LogP contribution >= 0.6 is 11.8 Å². The number of rotatable bonds is 7. The second-order valence-electron chi connectivity index (χ2n) is 6.42. The lowest BCUT2D eigenvalue weighted by atomic mass is 10.2. The average molecular weight is 404 g/mol. The third kappa shape index (κ3) is 4.41. The van der Waals surface area contributed by atoms with Crippen LogP contribution in [-0.2, 0) is 11.3 Å². The Labute approximate surface area is 173 Å². The predicted molar refractivity (Wildman–Crippen MR) is 113 cm³/mol. The van der Waals surface area contributed by atoms with Gasteiger partial charge in [0, 0.05) is 12.2 Å². The topological polar surface area (TPSA) is 72.9 Å². The zero-order valence-corrected chi connectivity index (χ0v) is 16.7. The van der Waals surface area contributed by atoms with Crippen LogP contribution in [0.1, 0.15) is 11.3 Å². The Morgan fingerprint density at radius 1 is 1.03 bits per heavy atom. The van der Waals surface area contributed by atoms with Crippen molar-refractivity contribution in [1.82, 2.24) is 20.1 Å². The van der Waals surface area contributed by atoms with E-state index in [9.17, 15) is 4.79 Å². The molecule has 1 N–H and O–H groups in total. The van der Waals surface area contributed by atoms with Gasteiger partial charge >= 0.3 is 0 Å². The Kier molecular flexibility index (Phi) is 5.76. The first-order chi connectivity index (χ1) is 14.2. The lowest BCUT2D eigenvalue weighted by Gasteiger charge is -2.10. The molecule has 2 aromatic carbocycles. The standard InChI is InChI=1S/C22H20N4O2S/c1-16-19(12-13-28-16)21-24-25-22(26(21)18-10-6-3-7-11-18)29-15-20(27)23-14-17-8-4-2-5-9-17/h2-13H,14-15H2,1H3,(H,23,27). The molecule has 0 fully saturated rings. The van der Waals surface area contributed by atoms with Crippen molar-refractivity contribution in [3.63, 3.8) is 0 Å². The molecule has 7 heteroatoms. The van der Waals surface area contributed by atoms with Crippen molar-refractivity contribution >= 4 is 17.7 Å². The lowest BCUT2D eigenvalue weighted by molar-refractivity contribution is -0.118. The SMILES string of the molecule is Cc1occc1-c1nnc(SCC(=O)NCc2ccccc2)n1-c1ccccc1. The molecule has 2 aromatic heterocycles. The minimum atomic E-state index is -0.0532. The summed E-state index contributed by atoms with van der Waals surface area (Å²) in [4.78, 5) is 12.3. The number of carbonyl (C=O) groups excluding carboxylic acids is 1. The van der Waals surface area contributed by atoms with Gasteiger partial charge in [0.15, 0.2) is 11.0 Å². The summed E-state index contributed by atoms with van der Waals surface area (Å²) < 4.78 is 7.39. The van der Waals surface area contributed by atoms with Gasteiger partial charge in [-0.05, 0) is 30.7 Å². The second-order valence-corrected chi connectivity index (χ2v) is 7.36. The van der Waals surface area contributed by atoms with Crippen LogP contribution in [0.5, 0.6) is 0 Å². The van der Waals surface area contributed by atoms with Gasteiger partial charge in [0.2, 0.25) is 5.91 Å². The number of nitrogens with one attached hydrogen (secondary N) is 1. The first kappa shape index (κ1) is 19.0. The van der Waals surface area contributed by atoms with E-state index in [1.54, 1.807) is 6.26 Å². The van der Waals surface area contributed by atoms with Crippen molar-refractivity contribution in [1.29, 1.82) is 0 Å². The number of aryl methyl sites for hydroxylation is 1. The fourth-order valence-electron chi connectivity index (χ4n) is 2.94. The molecule has 0 unspecified atom stereocenters. The van der Waals surface area contributed by atoms with Crippen molar-refractivity contribution in [2.45, 2.75) is 18.6 Å². The molecule has 2 heterocycles. The summed E-state index contributed by atoms with van der Waals surface area (Å²) in [5.41, 5.74) is 2.87. The van der Waals surface area contributed by atoms with E-state index in [0.29, 0.717) is 17.5 Å². The first-order valence-electron chi connectivity index (χ1n) is 9.21. The minimum absolute atomic E-state index is 0.0532. The minimum Gasteiger partial charge on any atom is -0.469 e. The monoisotopic (exact) mass is 404 g/mol. The molecule has 4 aromatic rings. The maximum absolute atomic E-state index is 12.3. The molecule has 0 saturated carbocycles. The van der Waals surface area contributed by atoms with E-state index in [4.69, 9.17) is 4.42 Å². The van der Waals surface area contributed by atoms with Crippen LogP contribution in [0, 0.1) is 6.92 Å². The van der Waals surface area contributed by atoms with Crippen LogP contribution < -0.4 is 5.32 Å². The highest BCUT2D eigenvalue weighted by Crippen LogP contribution is 2.30. The average Bonchev–Trinajstić information content (AvgIpc) is 3.37. The third-order valence-corrected chi connectivity index (χ3v) is 5.34. The van der Waals surface area contributed by atoms with Crippen LogP contribution in [0.25, 0.3) is 17.1 Å². The van der Waals surface area contributed by atoms with Crippen LogP contribution in [0.2, 0.25) is 0 Å². The number of amides is 1. The Balaban J connectivity index is 1.52. The zero-order valence-electron chi connectivity index (χ0n) is 15.9.